The zero-order chi connectivity index (χ0) is 26.3. The summed E-state index contributed by atoms with van der Waals surface area (Å²) in [5.74, 6) is 1.62. The molecule has 0 radical (unpaired) electrons. The van der Waals surface area contributed by atoms with Crippen LogP contribution in [0.1, 0.15) is 73.6 Å². The number of nitrogens with zero attached hydrogens (tertiary/aromatic N) is 6. The van der Waals surface area contributed by atoms with Gasteiger partial charge in [0.25, 0.3) is 0 Å². The first-order valence-electron chi connectivity index (χ1n) is 16.0. The van der Waals surface area contributed by atoms with E-state index in [0.717, 1.165) is 23.9 Å². The van der Waals surface area contributed by atoms with E-state index in [0.29, 0.717) is 35.2 Å². The van der Waals surface area contributed by atoms with Gasteiger partial charge in [-0.05, 0) is 106 Å². The van der Waals surface area contributed by atoms with Gasteiger partial charge in [-0.25, -0.2) is 0 Å². The zero-order valence-corrected chi connectivity index (χ0v) is 25.5. The van der Waals surface area contributed by atoms with Gasteiger partial charge in [0.1, 0.15) is 0 Å². The van der Waals surface area contributed by atoms with Crippen LogP contribution in [0.15, 0.2) is 0 Å². The van der Waals surface area contributed by atoms with Crippen molar-refractivity contribution in [3.63, 3.8) is 0 Å². The van der Waals surface area contributed by atoms with E-state index in [1.807, 2.05) is 0 Å². The van der Waals surface area contributed by atoms with E-state index >= 15 is 0 Å². The topological polar surface area (TPSA) is 19.4 Å². The number of hydrogen-bond acceptors (Lipinski definition) is 6. The predicted molar refractivity (Wildman–Crippen MR) is 154 cm³/mol. The fourth-order valence-electron chi connectivity index (χ4n) is 9.73. The third-order valence-electron chi connectivity index (χ3n) is 12.6. The summed E-state index contributed by atoms with van der Waals surface area (Å²) in [4.78, 5) is 17.3. The summed E-state index contributed by atoms with van der Waals surface area (Å²) in [6.45, 7) is 24.8. The predicted octanol–water partition coefficient (Wildman–Crippen LogP) is 3.13. The molecule has 6 rings (SSSR count). The van der Waals surface area contributed by atoms with E-state index in [4.69, 9.17) is 0 Å². The third kappa shape index (κ3) is 4.26. The molecule has 2 spiro atoms. The lowest BCUT2D eigenvalue weighted by molar-refractivity contribution is -0.141. The molecule has 4 saturated heterocycles. The third-order valence-corrected chi connectivity index (χ3v) is 12.6. The Morgan fingerprint density at radius 3 is 1.97 bits per heavy atom. The standard InChI is InChI=1S/C31H58N6/c1-22(2)34-15-14-32(7)30(20-34)12-11-26(30)28-18-36(24(5)6)21-31(33(28)8)16-27(31)29-19-35(23(3)4)17-25-10-9-13-37(25)29/h22-29H,9-21H2,1-8H3. The number of hydrogen-bond donors (Lipinski definition) is 0. The molecule has 0 aromatic rings. The van der Waals surface area contributed by atoms with Gasteiger partial charge in [0, 0.05) is 93.1 Å². The minimum atomic E-state index is 0.381. The summed E-state index contributed by atoms with van der Waals surface area (Å²) in [6, 6.07) is 4.21. The van der Waals surface area contributed by atoms with Crippen molar-refractivity contribution in [3.8, 4) is 0 Å². The molecule has 0 amide bonds. The fraction of sp³-hybridized carbons (Fsp3) is 1.00. The van der Waals surface area contributed by atoms with Gasteiger partial charge in [0.15, 0.2) is 0 Å². The Morgan fingerprint density at radius 2 is 1.32 bits per heavy atom. The van der Waals surface area contributed by atoms with Crippen LogP contribution < -0.4 is 0 Å². The molecule has 37 heavy (non-hydrogen) atoms. The Bertz CT molecular complexity index is 831. The summed E-state index contributed by atoms with van der Waals surface area (Å²) in [5.41, 5.74) is 0.763. The van der Waals surface area contributed by atoms with Crippen molar-refractivity contribution in [2.45, 2.75) is 121 Å². The molecule has 6 aliphatic rings. The van der Waals surface area contributed by atoms with Crippen LogP contribution in [0.25, 0.3) is 0 Å². The summed E-state index contributed by atoms with van der Waals surface area (Å²) in [5, 5.41) is 0. The van der Waals surface area contributed by atoms with Crippen LogP contribution in [-0.2, 0) is 0 Å². The highest BCUT2D eigenvalue weighted by Gasteiger charge is 2.68. The van der Waals surface area contributed by atoms with Crippen LogP contribution in [0.4, 0.5) is 0 Å². The van der Waals surface area contributed by atoms with Crippen LogP contribution in [0, 0.1) is 11.8 Å². The molecule has 0 aromatic heterocycles. The van der Waals surface area contributed by atoms with Crippen molar-refractivity contribution >= 4 is 0 Å². The van der Waals surface area contributed by atoms with Crippen LogP contribution in [0.5, 0.6) is 0 Å². The molecule has 7 atom stereocenters. The Morgan fingerprint density at radius 1 is 0.649 bits per heavy atom. The van der Waals surface area contributed by atoms with Crippen molar-refractivity contribution in [1.82, 2.24) is 29.4 Å². The van der Waals surface area contributed by atoms with Crippen molar-refractivity contribution in [2.75, 3.05) is 66.5 Å². The Balaban J connectivity index is 1.27. The summed E-state index contributed by atoms with van der Waals surface area (Å²) >= 11 is 0. The molecule has 2 aliphatic carbocycles. The molecule has 0 N–H and O–H groups in total. The molecule has 7 unspecified atom stereocenters. The molecule has 6 nitrogen and oxygen atoms in total. The largest absolute Gasteiger partial charge is 0.298 e. The molecule has 4 heterocycles. The Hall–Kier alpha value is -0.240. The summed E-state index contributed by atoms with van der Waals surface area (Å²) in [6.07, 6.45) is 7.04. The maximum absolute atomic E-state index is 2.99. The SMILES string of the molecule is CC(C)N1CC2CCCN2C(C2CC23CN(C(C)C)CC(C2CCC24CN(C(C)C)CCN4C)N3C)C1. The first-order valence-corrected chi connectivity index (χ1v) is 16.0. The normalized spacial score (nSPS) is 45.0. The second-order valence-corrected chi connectivity index (χ2v) is 15.0. The van der Waals surface area contributed by atoms with E-state index in [9.17, 15) is 0 Å². The molecule has 4 aliphatic heterocycles. The molecular formula is C31H58N6. The van der Waals surface area contributed by atoms with Crippen molar-refractivity contribution in [2.24, 2.45) is 11.8 Å². The van der Waals surface area contributed by atoms with Crippen LogP contribution >= 0.6 is 0 Å². The number of likely N-dealkylation sites (N-methyl/N-ethyl adjacent to an activating group) is 2. The molecule has 6 heteroatoms. The first-order chi connectivity index (χ1) is 17.6. The lowest BCUT2D eigenvalue weighted by atomic mass is 9.60. The molecule has 6 fully saturated rings. The number of piperazine rings is 3. The van der Waals surface area contributed by atoms with Crippen molar-refractivity contribution < 1.29 is 0 Å². The van der Waals surface area contributed by atoms with E-state index in [2.05, 4.69) is 85.0 Å². The van der Waals surface area contributed by atoms with Gasteiger partial charge in [-0.2, -0.15) is 0 Å². The second kappa shape index (κ2) is 9.69. The molecular weight excluding hydrogens is 456 g/mol. The highest BCUT2D eigenvalue weighted by Crippen LogP contribution is 2.58. The molecule has 2 saturated carbocycles. The van der Waals surface area contributed by atoms with Gasteiger partial charge in [0.2, 0.25) is 0 Å². The monoisotopic (exact) mass is 514 g/mol. The maximum atomic E-state index is 2.99. The van der Waals surface area contributed by atoms with E-state index < -0.39 is 0 Å². The van der Waals surface area contributed by atoms with Gasteiger partial charge in [0.05, 0.1) is 0 Å². The van der Waals surface area contributed by atoms with Gasteiger partial charge in [-0.3, -0.25) is 29.4 Å². The minimum Gasteiger partial charge on any atom is -0.298 e. The lowest BCUT2D eigenvalue weighted by Gasteiger charge is -2.65. The van der Waals surface area contributed by atoms with Crippen LogP contribution in [-0.4, -0.2) is 143 Å². The van der Waals surface area contributed by atoms with Gasteiger partial charge >= 0.3 is 0 Å². The smallest absolute Gasteiger partial charge is 0.0385 e. The average molecular weight is 515 g/mol. The fourth-order valence-corrected chi connectivity index (χ4v) is 9.73. The summed E-state index contributed by atoms with van der Waals surface area (Å²) in [7, 11) is 5.00. The van der Waals surface area contributed by atoms with Gasteiger partial charge in [-0.15, -0.1) is 0 Å². The molecule has 0 aromatic carbocycles. The zero-order valence-electron chi connectivity index (χ0n) is 25.5. The number of rotatable bonds is 5. The van der Waals surface area contributed by atoms with Crippen LogP contribution in [0.2, 0.25) is 0 Å². The van der Waals surface area contributed by atoms with Crippen molar-refractivity contribution in [3.05, 3.63) is 0 Å². The number of fused-ring (bicyclic) bond motifs is 1. The van der Waals surface area contributed by atoms with Gasteiger partial charge in [-0.1, -0.05) is 0 Å². The van der Waals surface area contributed by atoms with Gasteiger partial charge < -0.3 is 0 Å². The molecule has 212 valence electrons. The quantitative estimate of drug-likeness (QED) is 0.558. The summed E-state index contributed by atoms with van der Waals surface area (Å²) < 4.78 is 0. The van der Waals surface area contributed by atoms with E-state index in [-0.39, 0.29) is 0 Å². The average Bonchev–Trinajstić information content (AvgIpc) is 3.34. The van der Waals surface area contributed by atoms with Crippen molar-refractivity contribution in [1.29, 1.82) is 0 Å². The van der Waals surface area contributed by atoms with E-state index in [1.54, 1.807) is 0 Å². The molecule has 0 bridgehead atoms. The Kier molecular flexibility index (Phi) is 7.06. The first kappa shape index (κ1) is 27.0. The van der Waals surface area contributed by atoms with E-state index in [1.165, 1.54) is 84.5 Å². The Labute approximate surface area is 228 Å². The maximum Gasteiger partial charge on any atom is 0.0385 e. The highest BCUT2D eigenvalue weighted by atomic mass is 15.4. The lowest BCUT2D eigenvalue weighted by Crippen LogP contribution is -2.75. The van der Waals surface area contributed by atoms with Crippen LogP contribution in [0.3, 0.4) is 0 Å². The highest BCUT2D eigenvalue weighted by molar-refractivity contribution is 5.24. The second-order valence-electron chi connectivity index (χ2n) is 15.0. The minimum absolute atomic E-state index is 0.381.